The minimum Gasteiger partial charge on any atom is -0.491 e. The molecule has 0 amide bonds. The Morgan fingerprint density at radius 2 is 1.64 bits per heavy atom. The summed E-state index contributed by atoms with van der Waals surface area (Å²) in [7, 11) is -3.65. The number of sulfonamides is 1. The van der Waals surface area contributed by atoms with Crippen molar-refractivity contribution in [3.63, 3.8) is 0 Å². The van der Waals surface area contributed by atoms with E-state index in [1.165, 1.54) is 0 Å². The van der Waals surface area contributed by atoms with Gasteiger partial charge in [-0.15, -0.1) is 0 Å². The molecule has 1 unspecified atom stereocenters. The summed E-state index contributed by atoms with van der Waals surface area (Å²) in [5.41, 5.74) is 0.942. The van der Waals surface area contributed by atoms with E-state index in [0.717, 1.165) is 16.3 Å². The summed E-state index contributed by atoms with van der Waals surface area (Å²) in [6, 6.07) is 19.9. The topological polar surface area (TPSA) is 64.6 Å². The van der Waals surface area contributed by atoms with Crippen molar-refractivity contribution in [3.05, 3.63) is 72.3 Å². The molecule has 0 fully saturated rings. The number of rotatable bonds is 9. The summed E-state index contributed by atoms with van der Waals surface area (Å²) in [5, 5.41) is 2.12. The third-order valence-corrected chi connectivity index (χ3v) is 6.01. The van der Waals surface area contributed by atoms with Crippen LogP contribution in [0, 0.1) is 0 Å². The third-order valence-electron chi connectivity index (χ3n) is 4.46. The smallest absolute Gasteiger partial charge is 0.241 e. The first-order valence-corrected chi connectivity index (χ1v) is 10.8. The molecule has 6 heteroatoms. The van der Waals surface area contributed by atoms with E-state index in [1.54, 1.807) is 24.3 Å². The maximum absolute atomic E-state index is 12.8. The van der Waals surface area contributed by atoms with Gasteiger partial charge < -0.3 is 9.47 Å². The number of fused-ring (bicyclic) bond motifs is 1. The van der Waals surface area contributed by atoms with E-state index in [4.69, 9.17) is 9.47 Å². The van der Waals surface area contributed by atoms with Gasteiger partial charge in [0.05, 0.1) is 11.5 Å². The number of hydrogen-bond acceptors (Lipinski definition) is 4. The summed E-state index contributed by atoms with van der Waals surface area (Å²) < 4.78 is 39.1. The largest absolute Gasteiger partial charge is 0.491 e. The maximum atomic E-state index is 12.8. The van der Waals surface area contributed by atoms with E-state index in [9.17, 15) is 8.42 Å². The molecular weight excluding hydrogens is 374 g/mol. The van der Waals surface area contributed by atoms with Gasteiger partial charge in [0.25, 0.3) is 0 Å². The fourth-order valence-corrected chi connectivity index (χ4v) is 4.29. The minimum atomic E-state index is -3.65. The van der Waals surface area contributed by atoms with Crippen molar-refractivity contribution >= 4 is 20.8 Å². The van der Waals surface area contributed by atoms with E-state index < -0.39 is 10.0 Å². The molecule has 0 saturated heterocycles. The molecule has 0 heterocycles. The van der Waals surface area contributed by atoms with Crippen molar-refractivity contribution in [1.29, 1.82) is 0 Å². The van der Waals surface area contributed by atoms with E-state index in [-0.39, 0.29) is 10.9 Å². The van der Waals surface area contributed by atoms with Crippen LogP contribution >= 0.6 is 0 Å². The Hall–Kier alpha value is -2.41. The molecular formula is C22H25NO4S. The minimum absolute atomic E-state index is 0.205. The molecule has 5 nitrogen and oxygen atoms in total. The highest BCUT2D eigenvalue weighted by molar-refractivity contribution is 7.89. The van der Waals surface area contributed by atoms with Gasteiger partial charge in [-0.25, -0.2) is 13.1 Å². The molecule has 0 radical (unpaired) electrons. The lowest BCUT2D eigenvalue weighted by molar-refractivity contribution is 0.110. The molecule has 0 aliphatic carbocycles. The van der Waals surface area contributed by atoms with Crippen molar-refractivity contribution in [3.8, 4) is 5.75 Å². The van der Waals surface area contributed by atoms with Crippen LogP contribution in [-0.2, 0) is 14.8 Å². The molecule has 0 aliphatic heterocycles. The molecule has 28 heavy (non-hydrogen) atoms. The fourth-order valence-electron chi connectivity index (χ4n) is 3.07. The quantitative estimate of drug-likeness (QED) is 0.545. The maximum Gasteiger partial charge on any atom is 0.241 e. The molecule has 1 atom stereocenters. The lowest BCUT2D eigenvalue weighted by Gasteiger charge is -2.17. The molecule has 3 rings (SSSR count). The standard InChI is InChI=1S/C22H25NO4S/c1-3-26-15-16-27-19-11-13-20(14-12-19)28(24,25)23-17(2)21-10-6-8-18-7-4-5-9-22(18)21/h4-14,17,23H,3,15-16H2,1-2H3. The van der Waals surface area contributed by atoms with Crippen LogP contribution in [0.4, 0.5) is 0 Å². The van der Waals surface area contributed by atoms with Gasteiger partial charge in [0.2, 0.25) is 10.0 Å². The van der Waals surface area contributed by atoms with E-state index >= 15 is 0 Å². The van der Waals surface area contributed by atoms with Gasteiger partial charge >= 0.3 is 0 Å². The van der Waals surface area contributed by atoms with Gasteiger partial charge in [-0.1, -0.05) is 42.5 Å². The predicted molar refractivity (Wildman–Crippen MR) is 111 cm³/mol. The van der Waals surface area contributed by atoms with Crippen LogP contribution in [0.2, 0.25) is 0 Å². The highest BCUT2D eigenvalue weighted by atomic mass is 32.2. The monoisotopic (exact) mass is 399 g/mol. The Kier molecular flexibility index (Phi) is 6.67. The molecule has 148 valence electrons. The van der Waals surface area contributed by atoms with Crippen molar-refractivity contribution in [2.75, 3.05) is 19.8 Å². The lowest BCUT2D eigenvalue weighted by Crippen LogP contribution is -2.27. The van der Waals surface area contributed by atoms with Gasteiger partial charge in [0, 0.05) is 12.6 Å². The van der Waals surface area contributed by atoms with Crippen LogP contribution in [-0.4, -0.2) is 28.2 Å². The Labute approximate surface area is 166 Å². The first kappa shape index (κ1) is 20.3. The summed E-state index contributed by atoms with van der Waals surface area (Å²) >= 11 is 0. The van der Waals surface area contributed by atoms with E-state index in [0.29, 0.717) is 25.6 Å². The van der Waals surface area contributed by atoms with Crippen molar-refractivity contribution in [2.24, 2.45) is 0 Å². The van der Waals surface area contributed by atoms with Crippen LogP contribution in [0.1, 0.15) is 25.5 Å². The second kappa shape index (κ2) is 9.19. The Morgan fingerprint density at radius 1 is 0.929 bits per heavy atom. The highest BCUT2D eigenvalue weighted by Gasteiger charge is 2.19. The summed E-state index contributed by atoms with van der Waals surface area (Å²) in [6.45, 7) is 5.34. The number of nitrogens with one attached hydrogen (secondary N) is 1. The van der Waals surface area contributed by atoms with Crippen molar-refractivity contribution in [2.45, 2.75) is 24.8 Å². The molecule has 0 bridgehead atoms. The van der Waals surface area contributed by atoms with Gasteiger partial charge in [-0.3, -0.25) is 0 Å². The number of hydrogen-bond donors (Lipinski definition) is 1. The van der Waals surface area contributed by atoms with Crippen LogP contribution in [0.5, 0.6) is 5.75 Å². The first-order valence-electron chi connectivity index (χ1n) is 9.32. The molecule has 0 aliphatic rings. The molecule has 1 N–H and O–H groups in total. The average Bonchev–Trinajstić information content (AvgIpc) is 2.71. The average molecular weight is 400 g/mol. The normalized spacial score (nSPS) is 12.8. The Morgan fingerprint density at radius 3 is 2.39 bits per heavy atom. The van der Waals surface area contributed by atoms with Gasteiger partial charge in [-0.2, -0.15) is 0 Å². The van der Waals surface area contributed by atoms with Crippen LogP contribution in [0.3, 0.4) is 0 Å². The van der Waals surface area contributed by atoms with Gasteiger partial charge in [0.15, 0.2) is 0 Å². The molecule has 3 aromatic rings. The number of ether oxygens (including phenoxy) is 2. The Balaban J connectivity index is 1.72. The van der Waals surface area contributed by atoms with E-state index in [1.807, 2.05) is 56.3 Å². The van der Waals surface area contributed by atoms with Crippen LogP contribution < -0.4 is 9.46 Å². The first-order chi connectivity index (χ1) is 13.5. The fraction of sp³-hybridized carbons (Fsp3) is 0.273. The predicted octanol–water partition coefficient (Wildman–Crippen LogP) is 4.29. The van der Waals surface area contributed by atoms with Crippen LogP contribution in [0.15, 0.2) is 71.6 Å². The summed E-state index contributed by atoms with van der Waals surface area (Å²) in [5.74, 6) is 0.612. The van der Waals surface area contributed by atoms with Gasteiger partial charge in [0.1, 0.15) is 12.4 Å². The second-order valence-electron chi connectivity index (χ2n) is 6.43. The van der Waals surface area contributed by atoms with Crippen LogP contribution in [0.25, 0.3) is 10.8 Å². The zero-order chi connectivity index (χ0) is 20.0. The summed E-state index contributed by atoms with van der Waals surface area (Å²) in [6.07, 6.45) is 0. The highest BCUT2D eigenvalue weighted by Crippen LogP contribution is 2.26. The SMILES string of the molecule is CCOCCOc1ccc(S(=O)(=O)NC(C)c2cccc3ccccc23)cc1. The third kappa shape index (κ3) is 4.90. The number of benzene rings is 3. The zero-order valence-electron chi connectivity index (χ0n) is 16.1. The van der Waals surface area contributed by atoms with Crippen molar-refractivity contribution < 1.29 is 17.9 Å². The second-order valence-corrected chi connectivity index (χ2v) is 8.14. The Bertz CT molecular complexity index is 1010. The zero-order valence-corrected chi connectivity index (χ0v) is 16.9. The molecule has 3 aromatic carbocycles. The van der Waals surface area contributed by atoms with E-state index in [2.05, 4.69) is 4.72 Å². The lowest BCUT2D eigenvalue weighted by atomic mass is 10.0. The molecule has 0 spiro atoms. The van der Waals surface area contributed by atoms with Crippen molar-refractivity contribution in [1.82, 2.24) is 4.72 Å². The molecule has 0 saturated carbocycles. The van der Waals surface area contributed by atoms with Gasteiger partial charge in [-0.05, 0) is 54.4 Å². The molecule has 0 aromatic heterocycles. The summed E-state index contributed by atoms with van der Waals surface area (Å²) in [4.78, 5) is 0.205.